The van der Waals surface area contributed by atoms with E-state index in [1.54, 1.807) is 6.92 Å². The Morgan fingerprint density at radius 2 is 2.05 bits per heavy atom. The minimum Gasteiger partial charge on any atom is -0.337 e. The van der Waals surface area contributed by atoms with Gasteiger partial charge < -0.3 is 9.42 Å². The van der Waals surface area contributed by atoms with E-state index in [0.717, 1.165) is 31.4 Å². The minimum absolute atomic E-state index is 0.0646. The predicted octanol–water partition coefficient (Wildman–Crippen LogP) is 3.12. The average Bonchev–Trinajstić information content (AvgIpc) is 2.97. The van der Waals surface area contributed by atoms with Crippen LogP contribution in [0.5, 0.6) is 0 Å². The van der Waals surface area contributed by atoms with Gasteiger partial charge in [-0.3, -0.25) is 4.79 Å². The average molecular weight is 285 g/mol. The molecule has 0 saturated carbocycles. The van der Waals surface area contributed by atoms with Gasteiger partial charge in [0.05, 0.1) is 0 Å². The van der Waals surface area contributed by atoms with Crippen molar-refractivity contribution < 1.29 is 9.32 Å². The van der Waals surface area contributed by atoms with Gasteiger partial charge in [0.25, 0.3) is 0 Å². The molecule has 1 unspecified atom stereocenters. The number of carbonyl (C=O) groups is 1. The van der Waals surface area contributed by atoms with Crippen molar-refractivity contribution in [3.8, 4) is 11.4 Å². The zero-order chi connectivity index (χ0) is 14.8. The molecule has 2 heterocycles. The van der Waals surface area contributed by atoms with Crippen LogP contribution in [-0.2, 0) is 4.79 Å². The largest absolute Gasteiger partial charge is 0.337 e. The number of carbonyl (C=O) groups excluding carboxylic acids is 1. The maximum atomic E-state index is 11.7. The maximum Gasteiger partial charge on any atom is 0.249 e. The number of hydrogen-bond donors (Lipinski definition) is 0. The fourth-order valence-electron chi connectivity index (χ4n) is 2.76. The van der Waals surface area contributed by atoms with Gasteiger partial charge in [-0.2, -0.15) is 4.98 Å². The summed E-state index contributed by atoms with van der Waals surface area (Å²) in [5.41, 5.74) is 2.12. The van der Waals surface area contributed by atoms with Crippen LogP contribution < -0.4 is 0 Å². The molecule has 1 aliphatic rings. The van der Waals surface area contributed by atoms with Crippen molar-refractivity contribution in [3.63, 3.8) is 0 Å². The van der Waals surface area contributed by atoms with Gasteiger partial charge in [-0.25, -0.2) is 0 Å². The Morgan fingerprint density at radius 3 is 2.76 bits per heavy atom. The van der Waals surface area contributed by atoms with Crippen LogP contribution >= 0.6 is 0 Å². The van der Waals surface area contributed by atoms with Crippen molar-refractivity contribution >= 4 is 5.91 Å². The molecule has 0 spiro atoms. The molecule has 1 aromatic heterocycles. The molecule has 0 radical (unpaired) electrons. The van der Waals surface area contributed by atoms with Gasteiger partial charge in [0.1, 0.15) is 6.04 Å². The fourth-order valence-corrected chi connectivity index (χ4v) is 2.76. The van der Waals surface area contributed by atoms with Crippen LogP contribution in [0, 0.1) is 6.92 Å². The maximum absolute atomic E-state index is 11.7. The van der Waals surface area contributed by atoms with E-state index in [9.17, 15) is 4.79 Å². The summed E-state index contributed by atoms with van der Waals surface area (Å²) >= 11 is 0. The van der Waals surface area contributed by atoms with Gasteiger partial charge >= 0.3 is 0 Å². The molecule has 1 aliphatic heterocycles. The number of hydrogen-bond acceptors (Lipinski definition) is 4. The molecule has 5 nitrogen and oxygen atoms in total. The first-order chi connectivity index (χ1) is 10.1. The minimum atomic E-state index is -0.0806. The summed E-state index contributed by atoms with van der Waals surface area (Å²) in [7, 11) is 0. The lowest BCUT2D eigenvalue weighted by Crippen LogP contribution is -2.37. The van der Waals surface area contributed by atoms with Crippen molar-refractivity contribution in [2.75, 3.05) is 6.54 Å². The highest BCUT2D eigenvalue weighted by Crippen LogP contribution is 2.31. The lowest BCUT2D eigenvalue weighted by Gasteiger charge is -2.32. The fraction of sp³-hybridized carbons (Fsp3) is 0.438. The Bertz CT molecular complexity index is 633. The lowest BCUT2D eigenvalue weighted by atomic mass is 10.0. The van der Waals surface area contributed by atoms with Crippen molar-refractivity contribution in [1.29, 1.82) is 0 Å². The van der Waals surface area contributed by atoms with Crippen LogP contribution in [0.3, 0.4) is 0 Å². The summed E-state index contributed by atoms with van der Waals surface area (Å²) < 4.78 is 5.41. The van der Waals surface area contributed by atoms with E-state index in [-0.39, 0.29) is 11.9 Å². The second-order valence-electron chi connectivity index (χ2n) is 5.55. The SMILES string of the molecule is CC(=O)N1CCCCC1c1nc(-c2ccc(C)cc2)no1. The molecule has 5 heteroatoms. The Hall–Kier alpha value is -2.17. The monoisotopic (exact) mass is 285 g/mol. The van der Waals surface area contributed by atoms with Gasteiger partial charge in [-0.15, -0.1) is 0 Å². The molecule has 1 saturated heterocycles. The van der Waals surface area contributed by atoms with Crippen LogP contribution in [0.2, 0.25) is 0 Å². The molecule has 21 heavy (non-hydrogen) atoms. The molecular formula is C16H19N3O2. The molecule has 2 aromatic rings. The van der Waals surface area contributed by atoms with Crippen molar-refractivity contribution in [2.24, 2.45) is 0 Å². The molecule has 0 bridgehead atoms. The predicted molar refractivity (Wildman–Crippen MR) is 78.5 cm³/mol. The molecule has 1 atom stereocenters. The highest BCUT2D eigenvalue weighted by atomic mass is 16.5. The molecule has 1 aromatic carbocycles. The molecule has 1 amide bonds. The smallest absolute Gasteiger partial charge is 0.249 e. The number of aromatic nitrogens is 2. The molecule has 0 aliphatic carbocycles. The van der Waals surface area contributed by atoms with E-state index in [0.29, 0.717) is 11.7 Å². The topological polar surface area (TPSA) is 59.2 Å². The first kappa shape index (κ1) is 13.8. The second-order valence-corrected chi connectivity index (χ2v) is 5.55. The van der Waals surface area contributed by atoms with Gasteiger partial charge in [-0.1, -0.05) is 35.0 Å². The van der Waals surface area contributed by atoms with Crippen LogP contribution in [0.15, 0.2) is 28.8 Å². The van der Waals surface area contributed by atoms with Crippen LogP contribution in [0.1, 0.15) is 43.7 Å². The van der Waals surface area contributed by atoms with E-state index in [1.807, 2.05) is 36.1 Å². The summed E-state index contributed by atoms with van der Waals surface area (Å²) in [6.45, 7) is 4.40. The zero-order valence-electron chi connectivity index (χ0n) is 12.4. The number of nitrogens with zero attached hydrogens (tertiary/aromatic N) is 3. The third-order valence-corrected chi connectivity index (χ3v) is 3.94. The van der Waals surface area contributed by atoms with Crippen molar-refractivity contribution in [1.82, 2.24) is 15.0 Å². The molecule has 1 fully saturated rings. The Labute approximate surface area is 124 Å². The van der Waals surface area contributed by atoms with Crippen LogP contribution in [0.4, 0.5) is 0 Å². The van der Waals surface area contributed by atoms with Crippen molar-refractivity contribution in [2.45, 2.75) is 39.2 Å². The van der Waals surface area contributed by atoms with Crippen LogP contribution in [0.25, 0.3) is 11.4 Å². The summed E-state index contributed by atoms with van der Waals surface area (Å²) in [4.78, 5) is 18.1. The first-order valence-corrected chi connectivity index (χ1v) is 7.33. The number of rotatable bonds is 2. The molecular weight excluding hydrogens is 266 g/mol. The summed E-state index contributed by atoms with van der Waals surface area (Å²) in [5, 5.41) is 4.06. The quantitative estimate of drug-likeness (QED) is 0.850. The molecule has 110 valence electrons. The van der Waals surface area contributed by atoms with Gasteiger partial charge in [0, 0.05) is 19.0 Å². The Balaban J connectivity index is 1.86. The Kier molecular flexibility index (Phi) is 3.73. The first-order valence-electron chi connectivity index (χ1n) is 7.33. The third-order valence-electron chi connectivity index (χ3n) is 3.94. The number of piperidine rings is 1. The van der Waals surface area contributed by atoms with Crippen LogP contribution in [-0.4, -0.2) is 27.5 Å². The highest BCUT2D eigenvalue weighted by Gasteiger charge is 2.30. The number of benzene rings is 1. The van der Waals surface area contributed by atoms with E-state index < -0.39 is 0 Å². The zero-order valence-corrected chi connectivity index (χ0v) is 12.4. The van der Waals surface area contributed by atoms with E-state index in [1.165, 1.54) is 5.56 Å². The molecule has 3 rings (SSSR count). The standard InChI is InChI=1S/C16H19N3O2/c1-11-6-8-13(9-7-11)15-17-16(21-18-15)14-5-3-4-10-19(14)12(2)20/h6-9,14H,3-5,10H2,1-2H3. The number of likely N-dealkylation sites (tertiary alicyclic amines) is 1. The normalized spacial score (nSPS) is 18.8. The van der Waals surface area contributed by atoms with Gasteiger partial charge in [0.15, 0.2) is 0 Å². The van der Waals surface area contributed by atoms with E-state index in [4.69, 9.17) is 4.52 Å². The van der Waals surface area contributed by atoms with Gasteiger partial charge in [-0.05, 0) is 26.2 Å². The van der Waals surface area contributed by atoms with Gasteiger partial charge in [0.2, 0.25) is 17.6 Å². The second kappa shape index (κ2) is 5.68. The highest BCUT2D eigenvalue weighted by molar-refractivity contribution is 5.73. The third kappa shape index (κ3) is 2.82. The molecule has 0 N–H and O–H groups in total. The Morgan fingerprint density at radius 1 is 1.29 bits per heavy atom. The summed E-state index contributed by atoms with van der Waals surface area (Å²) in [6.07, 6.45) is 3.00. The summed E-state index contributed by atoms with van der Waals surface area (Å²) in [5.74, 6) is 1.19. The van der Waals surface area contributed by atoms with E-state index >= 15 is 0 Å². The van der Waals surface area contributed by atoms with Crippen molar-refractivity contribution in [3.05, 3.63) is 35.7 Å². The summed E-state index contributed by atoms with van der Waals surface area (Å²) in [6, 6.07) is 7.92. The number of amides is 1. The van der Waals surface area contributed by atoms with E-state index in [2.05, 4.69) is 10.1 Å². The lowest BCUT2D eigenvalue weighted by molar-refractivity contribution is -0.133. The number of aryl methyl sites for hydroxylation is 1.